The van der Waals surface area contributed by atoms with Crippen LogP contribution in [0.5, 0.6) is 0 Å². The van der Waals surface area contributed by atoms with Crippen LogP contribution in [0.15, 0.2) is 36.5 Å². The van der Waals surface area contributed by atoms with Gasteiger partial charge in [-0.25, -0.2) is 0 Å². The fourth-order valence-corrected chi connectivity index (χ4v) is 1.55. The van der Waals surface area contributed by atoms with Crippen LogP contribution in [0.25, 0.3) is 11.3 Å². The van der Waals surface area contributed by atoms with Gasteiger partial charge in [-0.05, 0) is 6.07 Å². The lowest BCUT2D eigenvalue weighted by atomic mass is 10.00. The van der Waals surface area contributed by atoms with Crippen molar-refractivity contribution >= 4 is 5.78 Å². The van der Waals surface area contributed by atoms with Crippen LogP contribution >= 0.6 is 0 Å². The monoisotopic (exact) mass is 200 g/mol. The summed E-state index contributed by atoms with van der Waals surface area (Å²) in [7, 11) is 0. The lowest BCUT2D eigenvalue weighted by Gasteiger charge is -2.04. The molecule has 3 heteroatoms. The SMILES string of the molecule is CCC(=O)c1ccccc1-c1cc[nH]n1. The van der Waals surface area contributed by atoms with Gasteiger partial charge in [0, 0.05) is 23.7 Å². The number of rotatable bonds is 3. The van der Waals surface area contributed by atoms with Gasteiger partial charge in [0.05, 0.1) is 5.69 Å². The summed E-state index contributed by atoms with van der Waals surface area (Å²) in [6, 6.07) is 9.41. The van der Waals surface area contributed by atoms with Gasteiger partial charge in [-0.1, -0.05) is 31.2 Å². The Balaban J connectivity index is 2.52. The van der Waals surface area contributed by atoms with E-state index in [4.69, 9.17) is 0 Å². The zero-order valence-corrected chi connectivity index (χ0v) is 8.53. The maximum absolute atomic E-state index is 11.7. The van der Waals surface area contributed by atoms with E-state index in [1.807, 2.05) is 37.3 Å². The first-order valence-electron chi connectivity index (χ1n) is 4.95. The number of carbonyl (C=O) groups is 1. The fourth-order valence-electron chi connectivity index (χ4n) is 1.55. The molecule has 0 aliphatic heterocycles. The van der Waals surface area contributed by atoms with E-state index in [1.165, 1.54) is 0 Å². The molecule has 76 valence electrons. The van der Waals surface area contributed by atoms with Crippen LogP contribution in [0.4, 0.5) is 0 Å². The van der Waals surface area contributed by atoms with Crippen LogP contribution in [0.3, 0.4) is 0 Å². The average Bonchev–Trinajstić information content (AvgIpc) is 2.81. The van der Waals surface area contributed by atoms with Crippen molar-refractivity contribution in [3.63, 3.8) is 0 Å². The minimum absolute atomic E-state index is 0.147. The molecule has 1 aromatic carbocycles. The van der Waals surface area contributed by atoms with E-state index in [1.54, 1.807) is 6.20 Å². The molecule has 3 nitrogen and oxygen atoms in total. The molecule has 1 aromatic heterocycles. The summed E-state index contributed by atoms with van der Waals surface area (Å²) in [6.45, 7) is 1.86. The second kappa shape index (κ2) is 4.09. The van der Waals surface area contributed by atoms with E-state index < -0.39 is 0 Å². The van der Waals surface area contributed by atoms with Crippen molar-refractivity contribution in [2.24, 2.45) is 0 Å². The number of benzene rings is 1. The summed E-state index contributed by atoms with van der Waals surface area (Å²) < 4.78 is 0. The molecule has 0 fully saturated rings. The summed E-state index contributed by atoms with van der Waals surface area (Å²) >= 11 is 0. The molecule has 0 saturated carbocycles. The number of aromatic amines is 1. The highest BCUT2D eigenvalue weighted by atomic mass is 16.1. The highest BCUT2D eigenvalue weighted by Gasteiger charge is 2.11. The minimum atomic E-state index is 0.147. The van der Waals surface area contributed by atoms with E-state index in [-0.39, 0.29) is 5.78 Å². The zero-order valence-electron chi connectivity index (χ0n) is 8.53. The van der Waals surface area contributed by atoms with Crippen LogP contribution < -0.4 is 0 Å². The Hall–Kier alpha value is -1.90. The summed E-state index contributed by atoms with van der Waals surface area (Å²) in [5, 5.41) is 6.84. The summed E-state index contributed by atoms with van der Waals surface area (Å²) in [5.74, 6) is 0.147. The van der Waals surface area contributed by atoms with Crippen molar-refractivity contribution in [1.29, 1.82) is 0 Å². The Morgan fingerprint density at radius 3 is 2.80 bits per heavy atom. The number of ketones is 1. The fraction of sp³-hybridized carbons (Fsp3) is 0.167. The number of hydrogen-bond acceptors (Lipinski definition) is 2. The smallest absolute Gasteiger partial charge is 0.163 e. The minimum Gasteiger partial charge on any atom is -0.294 e. The molecule has 0 spiro atoms. The van der Waals surface area contributed by atoms with Crippen LogP contribution in [-0.4, -0.2) is 16.0 Å². The number of nitrogens with zero attached hydrogens (tertiary/aromatic N) is 1. The van der Waals surface area contributed by atoms with E-state index in [0.717, 1.165) is 16.8 Å². The third-order valence-corrected chi connectivity index (χ3v) is 2.33. The molecule has 0 aliphatic carbocycles. The summed E-state index contributed by atoms with van der Waals surface area (Å²) in [5.41, 5.74) is 2.45. The summed E-state index contributed by atoms with van der Waals surface area (Å²) in [6.07, 6.45) is 2.27. The predicted octanol–water partition coefficient (Wildman–Crippen LogP) is 2.67. The van der Waals surface area contributed by atoms with Gasteiger partial charge in [0.2, 0.25) is 0 Å². The molecule has 0 radical (unpaired) electrons. The number of carbonyl (C=O) groups excluding carboxylic acids is 1. The van der Waals surface area contributed by atoms with Crippen molar-refractivity contribution in [1.82, 2.24) is 10.2 Å². The molecule has 0 saturated heterocycles. The Morgan fingerprint density at radius 2 is 2.13 bits per heavy atom. The van der Waals surface area contributed by atoms with Crippen LogP contribution in [0.1, 0.15) is 23.7 Å². The predicted molar refractivity (Wildman–Crippen MR) is 58.6 cm³/mol. The first kappa shape index (κ1) is 9.65. The first-order valence-corrected chi connectivity index (χ1v) is 4.95. The van der Waals surface area contributed by atoms with Crippen molar-refractivity contribution in [2.75, 3.05) is 0 Å². The van der Waals surface area contributed by atoms with Crippen LogP contribution in [-0.2, 0) is 0 Å². The standard InChI is InChI=1S/C12H12N2O/c1-2-12(15)10-6-4-3-5-9(10)11-7-8-13-14-11/h3-8H,2H2,1H3,(H,13,14). The lowest BCUT2D eigenvalue weighted by Crippen LogP contribution is -1.99. The number of nitrogens with one attached hydrogen (secondary N) is 1. The molecule has 0 bridgehead atoms. The molecule has 0 atom stereocenters. The van der Waals surface area contributed by atoms with Crippen molar-refractivity contribution < 1.29 is 4.79 Å². The number of H-pyrrole nitrogens is 1. The topological polar surface area (TPSA) is 45.8 Å². The van der Waals surface area contributed by atoms with Crippen molar-refractivity contribution in [3.8, 4) is 11.3 Å². The normalized spacial score (nSPS) is 10.2. The second-order valence-corrected chi connectivity index (χ2v) is 3.28. The van der Waals surface area contributed by atoms with Gasteiger partial charge >= 0.3 is 0 Å². The second-order valence-electron chi connectivity index (χ2n) is 3.28. The van der Waals surface area contributed by atoms with Gasteiger partial charge in [0.25, 0.3) is 0 Å². The van der Waals surface area contributed by atoms with Crippen LogP contribution in [0, 0.1) is 0 Å². The molecular formula is C12H12N2O. The number of Topliss-reactive ketones (excluding diaryl/α,β-unsaturated/α-hetero) is 1. The van der Waals surface area contributed by atoms with E-state index in [0.29, 0.717) is 6.42 Å². The average molecular weight is 200 g/mol. The maximum Gasteiger partial charge on any atom is 0.163 e. The first-order chi connectivity index (χ1) is 7.33. The van der Waals surface area contributed by atoms with E-state index in [9.17, 15) is 4.79 Å². The van der Waals surface area contributed by atoms with Gasteiger partial charge in [0.1, 0.15) is 0 Å². The Morgan fingerprint density at radius 1 is 1.33 bits per heavy atom. The largest absolute Gasteiger partial charge is 0.294 e. The lowest BCUT2D eigenvalue weighted by molar-refractivity contribution is 0.0989. The molecular weight excluding hydrogens is 188 g/mol. The summed E-state index contributed by atoms with van der Waals surface area (Å²) in [4.78, 5) is 11.7. The van der Waals surface area contributed by atoms with Gasteiger partial charge in [0.15, 0.2) is 5.78 Å². The third-order valence-electron chi connectivity index (χ3n) is 2.33. The van der Waals surface area contributed by atoms with Gasteiger partial charge < -0.3 is 0 Å². The van der Waals surface area contributed by atoms with Gasteiger partial charge in [-0.3, -0.25) is 9.89 Å². The zero-order chi connectivity index (χ0) is 10.7. The van der Waals surface area contributed by atoms with E-state index >= 15 is 0 Å². The van der Waals surface area contributed by atoms with Crippen molar-refractivity contribution in [3.05, 3.63) is 42.1 Å². The molecule has 15 heavy (non-hydrogen) atoms. The molecule has 0 aliphatic rings. The Labute approximate surface area is 88.1 Å². The molecule has 2 aromatic rings. The molecule has 0 amide bonds. The van der Waals surface area contributed by atoms with Crippen LogP contribution in [0.2, 0.25) is 0 Å². The van der Waals surface area contributed by atoms with Gasteiger partial charge in [-0.2, -0.15) is 5.10 Å². The molecule has 1 heterocycles. The highest BCUT2D eigenvalue weighted by Crippen LogP contribution is 2.22. The molecule has 2 rings (SSSR count). The highest BCUT2D eigenvalue weighted by molar-refractivity contribution is 6.01. The maximum atomic E-state index is 11.7. The third kappa shape index (κ3) is 1.81. The van der Waals surface area contributed by atoms with Crippen molar-refractivity contribution in [2.45, 2.75) is 13.3 Å². The Kier molecular flexibility index (Phi) is 2.63. The van der Waals surface area contributed by atoms with Gasteiger partial charge in [-0.15, -0.1) is 0 Å². The van der Waals surface area contributed by atoms with E-state index in [2.05, 4.69) is 10.2 Å². The number of aromatic nitrogens is 2. The number of hydrogen-bond donors (Lipinski definition) is 1. The Bertz CT molecular complexity index is 460. The molecule has 1 N–H and O–H groups in total. The quantitative estimate of drug-likeness (QED) is 0.774. The molecule has 0 unspecified atom stereocenters.